The van der Waals surface area contributed by atoms with Crippen molar-refractivity contribution in [2.45, 2.75) is 12.5 Å². The molecule has 2 aromatic rings. The van der Waals surface area contributed by atoms with Crippen LogP contribution < -0.4 is 4.74 Å². The summed E-state index contributed by atoms with van der Waals surface area (Å²) in [7, 11) is 1.49. The van der Waals surface area contributed by atoms with Crippen molar-refractivity contribution >= 4 is 23.1 Å². The zero-order valence-electron chi connectivity index (χ0n) is 16.1. The zero-order valence-corrected chi connectivity index (χ0v) is 16.1. The largest absolute Gasteiger partial charge is 0.507 e. The summed E-state index contributed by atoms with van der Waals surface area (Å²) in [6.45, 7) is -0.156. The van der Waals surface area contributed by atoms with Gasteiger partial charge in [-0.15, -0.1) is 0 Å². The molecule has 1 aliphatic rings. The Balaban J connectivity index is 2.17. The number of rotatable bonds is 7. The number of carbonyl (C=O) groups is 2. The van der Waals surface area contributed by atoms with E-state index in [0.717, 1.165) is 0 Å². The van der Waals surface area contributed by atoms with Gasteiger partial charge in [-0.2, -0.15) is 0 Å². The maximum Gasteiger partial charge on any atom is 0.295 e. The van der Waals surface area contributed by atoms with Crippen molar-refractivity contribution in [2.75, 3.05) is 20.3 Å². The minimum absolute atomic E-state index is 0.0494. The van der Waals surface area contributed by atoms with E-state index in [4.69, 9.17) is 9.84 Å². The molecule has 1 unspecified atom stereocenters. The van der Waals surface area contributed by atoms with Crippen LogP contribution >= 0.6 is 0 Å². The SMILES string of the molecule is COc1ccc(/C(O)=C2\C(=O)C(=O)N(CCCO)C2c2cccc([N+](=O)[O-])c2)cc1. The van der Waals surface area contributed by atoms with Gasteiger partial charge in [0.1, 0.15) is 11.5 Å². The fraction of sp³-hybridized carbons (Fsp3) is 0.238. The van der Waals surface area contributed by atoms with E-state index >= 15 is 0 Å². The number of benzene rings is 2. The lowest BCUT2D eigenvalue weighted by molar-refractivity contribution is -0.384. The molecule has 1 atom stereocenters. The lowest BCUT2D eigenvalue weighted by Crippen LogP contribution is -2.31. The van der Waals surface area contributed by atoms with E-state index in [-0.39, 0.29) is 36.6 Å². The van der Waals surface area contributed by atoms with Gasteiger partial charge in [0.05, 0.1) is 23.6 Å². The van der Waals surface area contributed by atoms with Crippen LogP contribution in [0.25, 0.3) is 5.76 Å². The first kappa shape index (κ1) is 21.0. The van der Waals surface area contributed by atoms with Gasteiger partial charge in [-0.05, 0) is 36.2 Å². The number of ketones is 1. The molecule has 1 saturated heterocycles. The van der Waals surface area contributed by atoms with Gasteiger partial charge >= 0.3 is 0 Å². The lowest BCUT2D eigenvalue weighted by atomic mass is 9.95. The number of amides is 1. The van der Waals surface area contributed by atoms with Crippen LogP contribution in [0.4, 0.5) is 5.69 Å². The Morgan fingerprint density at radius 1 is 1.20 bits per heavy atom. The molecular weight excluding hydrogens is 392 g/mol. The number of nitrogens with zero attached hydrogens (tertiary/aromatic N) is 2. The van der Waals surface area contributed by atoms with Crippen molar-refractivity contribution in [1.82, 2.24) is 4.90 Å². The van der Waals surface area contributed by atoms with E-state index < -0.39 is 22.7 Å². The number of hydrogen-bond donors (Lipinski definition) is 2. The van der Waals surface area contributed by atoms with E-state index in [2.05, 4.69) is 0 Å². The van der Waals surface area contributed by atoms with Crippen LogP contribution in [-0.2, 0) is 9.59 Å². The molecule has 156 valence electrons. The van der Waals surface area contributed by atoms with Crippen LogP contribution in [0.2, 0.25) is 0 Å². The average Bonchev–Trinajstić information content (AvgIpc) is 3.02. The highest BCUT2D eigenvalue weighted by molar-refractivity contribution is 6.46. The molecule has 0 bridgehead atoms. The van der Waals surface area contributed by atoms with E-state index in [1.165, 1.54) is 30.2 Å². The van der Waals surface area contributed by atoms with Crippen LogP contribution in [0.3, 0.4) is 0 Å². The molecule has 1 aliphatic heterocycles. The maximum atomic E-state index is 12.8. The second-order valence-electron chi connectivity index (χ2n) is 6.65. The van der Waals surface area contributed by atoms with Gasteiger partial charge < -0.3 is 19.8 Å². The first-order chi connectivity index (χ1) is 14.4. The van der Waals surface area contributed by atoms with Gasteiger partial charge in [-0.25, -0.2) is 0 Å². The quantitative estimate of drug-likeness (QED) is 0.235. The number of nitro benzene ring substituents is 1. The predicted octanol–water partition coefficient (Wildman–Crippen LogP) is 2.41. The highest BCUT2D eigenvalue weighted by Gasteiger charge is 2.46. The van der Waals surface area contributed by atoms with Crippen LogP contribution in [0, 0.1) is 10.1 Å². The summed E-state index contributed by atoms with van der Waals surface area (Å²) in [5, 5.41) is 31.3. The number of aliphatic hydroxyl groups is 2. The van der Waals surface area contributed by atoms with Gasteiger partial charge in [0.15, 0.2) is 0 Å². The molecule has 1 amide bonds. The molecule has 3 rings (SSSR count). The summed E-state index contributed by atoms with van der Waals surface area (Å²) in [6, 6.07) is 10.8. The normalized spacial score (nSPS) is 17.9. The molecule has 2 aromatic carbocycles. The Kier molecular flexibility index (Phi) is 6.12. The third kappa shape index (κ3) is 3.87. The Bertz CT molecular complexity index is 1010. The minimum Gasteiger partial charge on any atom is -0.507 e. The predicted molar refractivity (Wildman–Crippen MR) is 107 cm³/mol. The van der Waals surface area contributed by atoms with Gasteiger partial charge in [0.2, 0.25) is 0 Å². The Morgan fingerprint density at radius 2 is 1.90 bits per heavy atom. The maximum absolute atomic E-state index is 12.8. The number of hydrogen-bond acceptors (Lipinski definition) is 7. The van der Waals surface area contributed by atoms with Gasteiger partial charge in [0.25, 0.3) is 17.4 Å². The molecule has 1 heterocycles. The number of carbonyl (C=O) groups excluding carboxylic acids is 2. The topological polar surface area (TPSA) is 130 Å². The van der Waals surface area contributed by atoms with Crippen LogP contribution in [0.15, 0.2) is 54.1 Å². The zero-order chi connectivity index (χ0) is 21.8. The van der Waals surface area contributed by atoms with Crippen molar-refractivity contribution in [3.05, 3.63) is 75.3 Å². The Hall–Kier alpha value is -3.72. The Morgan fingerprint density at radius 3 is 2.50 bits per heavy atom. The summed E-state index contributed by atoms with van der Waals surface area (Å²) in [5.41, 5.74) is 0.246. The monoisotopic (exact) mass is 412 g/mol. The highest BCUT2D eigenvalue weighted by Crippen LogP contribution is 2.40. The first-order valence-electron chi connectivity index (χ1n) is 9.17. The van der Waals surface area contributed by atoms with Crippen LogP contribution in [0.1, 0.15) is 23.6 Å². The van der Waals surface area contributed by atoms with Crippen molar-refractivity contribution in [2.24, 2.45) is 0 Å². The number of nitro groups is 1. The van der Waals surface area contributed by atoms with Crippen molar-refractivity contribution < 1.29 is 29.5 Å². The third-order valence-corrected chi connectivity index (χ3v) is 4.86. The molecule has 1 fully saturated rings. The molecule has 9 heteroatoms. The molecule has 0 spiro atoms. The number of ether oxygens (including phenoxy) is 1. The summed E-state index contributed by atoms with van der Waals surface area (Å²) < 4.78 is 5.09. The third-order valence-electron chi connectivity index (χ3n) is 4.86. The van der Waals surface area contributed by atoms with Crippen molar-refractivity contribution in [3.63, 3.8) is 0 Å². The van der Waals surface area contributed by atoms with Gasteiger partial charge in [-0.3, -0.25) is 19.7 Å². The minimum atomic E-state index is -1.02. The number of Topliss-reactive ketones (excluding diaryl/α,β-unsaturated/α-hetero) is 1. The molecule has 30 heavy (non-hydrogen) atoms. The fourth-order valence-electron chi connectivity index (χ4n) is 3.41. The molecule has 0 radical (unpaired) electrons. The molecule has 0 saturated carbocycles. The second kappa shape index (κ2) is 8.75. The van der Waals surface area contributed by atoms with Crippen LogP contribution in [0.5, 0.6) is 5.75 Å². The van der Waals surface area contributed by atoms with Gasteiger partial charge in [0, 0.05) is 30.8 Å². The summed E-state index contributed by atoms with van der Waals surface area (Å²) in [6.07, 6.45) is 0.209. The summed E-state index contributed by atoms with van der Waals surface area (Å²) in [5.74, 6) is -1.57. The van der Waals surface area contributed by atoms with E-state index in [0.29, 0.717) is 16.9 Å². The van der Waals surface area contributed by atoms with Crippen molar-refractivity contribution in [1.29, 1.82) is 0 Å². The summed E-state index contributed by atoms with van der Waals surface area (Å²) in [4.78, 5) is 37.3. The molecular formula is C21H20N2O7. The smallest absolute Gasteiger partial charge is 0.295 e. The van der Waals surface area contributed by atoms with E-state index in [9.17, 15) is 24.8 Å². The molecule has 0 aromatic heterocycles. The first-order valence-corrected chi connectivity index (χ1v) is 9.17. The number of non-ortho nitro benzene ring substituents is 1. The highest BCUT2D eigenvalue weighted by atomic mass is 16.6. The Labute approximate surface area is 172 Å². The summed E-state index contributed by atoms with van der Waals surface area (Å²) >= 11 is 0. The standard InChI is InChI=1S/C21H20N2O7/c1-30-16-8-6-13(7-9-16)19(25)17-18(14-4-2-5-15(12-14)23(28)29)22(10-3-11-24)21(27)20(17)26/h2,4-9,12,18,24-25H,3,10-11H2,1H3/b19-17+. The lowest BCUT2D eigenvalue weighted by Gasteiger charge is -2.25. The molecule has 9 nitrogen and oxygen atoms in total. The number of aliphatic hydroxyl groups excluding tert-OH is 2. The number of methoxy groups -OCH3 is 1. The second-order valence-corrected chi connectivity index (χ2v) is 6.65. The van der Waals surface area contributed by atoms with Gasteiger partial charge in [-0.1, -0.05) is 12.1 Å². The fourth-order valence-corrected chi connectivity index (χ4v) is 3.41. The van der Waals surface area contributed by atoms with E-state index in [1.54, 1.807) is 30.3 Å². The molecule has 2 N–H and O–H groups in total. The average molecular weight is 412 g/mol. The van der Waals surface area contributed by atoms with Crippen molar-refractivity contribution in [3.8, 4) is 5.75 Å². The molecule has 0 aliphatic carbocycles. The van der Waals surface area contributed by atoms with Crippen LogP contribution in [-0.4, -0.2) is 52.0 Å². The van der Waals surface area contributed by atoms with E-state index in [1.807, 2.05) is 0 Å². The number of likely N-dealkylation sites (tertiary alicyclic amines) is 1.